The fourth-order valence-corrected chi connectivity index (χ4v) is 4.29. The third-order valence-corrected chi connectivity index (χ3v) is 6.14. The Balaban J connectivity index is 1.90. The molecule has 1 heterocycles. The summed E-state index contributed by atoms with van der Waals surface area (Å²) < 4.78 is 80.8. The van der Waals surface area contributed by atoms with Gasteiger partial charge in [0.15, 0.2) is 17.3 Å². The zero-order chi connectivity index (χ0) is 24.1. The number of ether oxygens (including phenoxy) is 3. The van der Waals surface area contributed by atoms with Crippen LogP contribution in [0.3, 0.4) is 0 Å². The molecule has 176 valence electrons. The van der Waals surface area contributed by atoms with Gasteiger partial charge in [-0.05, 0) is 42.0 Å². The summed E-state index contributed by atoms with van der Waals surface area (Å²) in [5.74, 6) is -0.436. The van der Waals surface area contributed by atoms with Crippen molar-refractivity contribution in [3.8, 4) is 23.1 Å². The van der Waals surface area contributed by atoms with E-state index in [9.17, 15) is 21.6 Å². The first-order chi connectivity index (χ1) is 15.6. The molecule has 0 radical (unpaired) electrons. The van der Waals surface area contributed by atoms with Gasteiger partial charge in [0.1, 0.15) is 5.75 Å². The van der Waals surface area contributed by atoms with Crippen LogP contribution in [0.1, 0.15) is 5.56 Å². The fourth-order valence-electron chi connectivity index (χ4n) is 2.94. The molecule has 1 aromatic heterocycles. The molecular formula is C22H21F3N2O5S. The summed E-state index contributed by atoms with van der Waals surface area (Å²) in [7, 11) is -1.84. The van der Waals surface area contributed by atoms with Crippen LogP contribution in [-0.2, 0) is 16.6 Å². The normalized spacial score (nSPS) is 11.7. The van der Waals surface area contributed by atoms with Crippen LogP contribution >= 0.6 is 0 Å². The lowest BCUT2D eigenvalue weighted by Crippen LogP contribution is -2.37. The molecule has 0 bridgehead atoms. The molecule has 0 aliphatic heterocycles. The average Bonchev–Trinajstić information content (AvgIpc) is 2.77. The highest BCUT2D eigenvalue weighted by atomic mass is 32.2. The minimum absolute atomic E-state index is 0.0439. The number of benzene rings is 2. The molecule has 0 saturated heterocycles. The molecular weight excluding hydrogens is 461 g/mol. The van der Waals surface area contributed by atoms with Gasteiger partial charge in [-0.2, -0.15) is 13.2 Å². The number of para-hydroxylation sites is 2. The van der Waals surface area contributed by atoms with Gasteiger partial charge in [-0.3, -0.25) is 4.31 Å². The number of sulfonamides is 1. The number of aromatic nitrogens is 1. The number of anilines is 1. The molecule has 7 nitrogen and oxygen atoms in total. The SMILES string of the molecule is COc1ccc(CN(c2ccc(Oc3ccccc3OC)cc2)S(=O)(=O)CC(F)(F)F)cn1. The minimum Gasteiger partial charge on any atom is -0.493 e. The minimum atomic E-state index is -4.90. The maximum absolute atomic E-state index is 13.0. The summed E-state index contributed by atoms with van der Waals surface area (Å²) in [5, 5.41) is 0. The topological polar surface area (TPSA) is 78.0 Å². The van der Waals surface area contributed by atoms with E-state index in [4.69, 9.17) is 14.2 Å². The van der Waals surface area contributed by atoms with E-state index in [1.807, 2.05) is 0 Å². The van der Waals surface area contributed by atoms with E-state index < -0.39 is 22.0 Å². The highest BCUT2D eigenvalue weighted by Gasteiger charge is 2.38. The fraction of sp³-hybridized carbons (Fsp3) is 0.227. The van der Waals surface area contributed by atoms with E-state index in [0.29, 0.717) is 33.0 Å². The van der Waals surface area contributed by atoms with Gasteiger partial charge in [0, 0.05) is 12.3 Å². The van der Waals surface area contributed by atoms with Crippen LogP contribution in [0.2, 0.25) is 0 Å². The molecule has 0 spiro atoms. The predicted molar refractivity (Wildman–Crippen MR) is 116 cm³/mol. The van der Waals surface area contributed by atoms with E-state index in [0.717, 1.165) is 0 Å². The quantitative estimate of drug-likeness (QED) is 0.437. The number of hydrogen-bond acceptors (Lipinski definition) is 6. The van der Waals surface area contributed by atoms with E-state index in [-0.39, 0.29) is 12.2 Å². The van der Waals surface area contributed by atoms with Crippen molar-refractivity contribution >= 4 is 15.7 Å². The van der Waals surface area contributed by atoms with Crippen LogP contribution in [0.4, 0.5) is 18.9 Å². The Morgan fingerprint density at radius 2 is 1.58 bits per heavy atom. The molecule has 2 aromatic carbocycles. The Bertz CT molecular complexity index is 1170. The van der Waals surface area contributed by atoms with Crippen LogP contribution in [0.25, 0.3) is 0 Å². The average molecular weight is 482 g/mol. The first kappa shape index (κ1) is 24.2. The van der Waals surface area contributed by atoms with Crippen LogP contribution in [0, 0.1) is 0 Å². The number of methoxy groups -OCH3 is 2. The van der Waals surface area contributed by atoms with Gasteiger partial charge in [-0.1, -0.05) is 18.2 Å². The molecule has 0 atom stereocenters. The third-order valence-electron chi connectivity index (χ3n) is 4.44. The van der Waals surface area contributed by atoms with E-state index in [2.05, 4.69) is 4.98 Å². The Kier molecular flexibility index (Phi) is 7.32. The molecule has 3 aromatic rings. The molecule has 11 heteroatoms. The molecule has 0 unspecified atom stereocenters. The second-order valence-electron chi connectivity index (χ2n) is 6.83. The Morgan fingerprint density at radius 3 is 2.12 bits per heavy atom. The van der Waals surface area contributed by atoms with Gasteiger partial charge in [-0.15, -0.1) is 0 Å². The van der Waals surface area contributed by atoms with Crippen molar-refractivity contribution in [3.63, 3.8) is 0 Å². The van der Waals surface area contributed by atoms with Crippen LogP contribution in [0.15, 0.2) is 66.9 Å². The standard InChI is InChI=1S/C22H21F3N2O5S/c1-30-19-5-3-4-6-20(19)32-18-10-8-17(9-11-18)27(33(28,29)15-22(23,24)25)14-16-7-12-21(31-2)26-13-16/h3-13H,14-15H2,1-2H3. The zero-order valence-corrected chi connectivity index (χ0v) is 18.6. The molecule has 0 N–H and O–H groups in total. The summed E-state index contributed by atoms with van der Waals surface area (Å²) in [6.07, 6.45) is -3.56. The van der Waals surface area contributed by atoms with Crippen molar-refractivity contribution in [2.24, 2.45) is 0 Å². The smallest absolute Gasteiger partial charge is 0.404 e. The summed E-state index contributed by atoms with van der Waals surface area (Å²) in [6, 6.07) is 15.6. The van der Waals surface area contributed by atoms with Gasteiger partial charge < -0.3 is 14.2 Å². The summed E-state index contributed by atoms with van der Waals surface area (Å²) in [6.45, 7) is -0.345. The van der Waals surface area contributed by atoms with Gasteiger partial charge in [0.25, 0.3) is 0 Å². The third kappa shape index (κ3) is 6.51. The summed E-state index contributed by atoms with van der Waals surface area (Å²) in [4.78, 5) is 3.98. The van der Waals surface area contributed by atoms with E-state index in [1.165, 1.54) is 56.8 Å². The lowest BCUT2D eigenvalue weighted by atomic mass is 10.2. The zero-order valence-electron chi connectivity index (χ0n) is 17.7. The van der Waals surface area contributed by atoms with Crippen molar-refractivity contribution in [2.45, 2.75) is 12.7 Å². The second kappa shape index (κ2) is 9.99. The van der Waals surface area contributed by atoms with E-state index in [1.54, 1.807) is 24.3 Å². The highest BCUT2D eigenvalue weighted by Crippen LogP contribution is 2.33. The Morgan fingerprint density at radius 1 is 0.909 bits per heavy atom. The predicted octanol–water partition coefficient (Wildman–Crippen LogP) is 4.79. The molecule has 33 heavy (non-hydrogen) atoms. The first-order valence-electron chi connectivity index (χ1n) is 9.58. The maximum atomic E-state index is 13.0. The van der Waals surface area contributed by atoms with Crippen molar-refractivity contribution < 1.29 is 35.8 Å². The molecule has 0 amide bonds. The number of hydrogen-bond donors (Lipinski definition) is 0. The Hall–Kier alpha value is -3.47. The van der Waals surface area contributed by atoms with Gasteiger partial charge >= 0.3 is 6.18 Å². The second-order valence-corrected chi connectivity index (χ2v) is 8.73. The largest absolute Gasteiger partial charge is 0.493 e. The Labute approximate surface area is 189 Å². The molecule has 0 aliphatic rings. The molecule has 0 saturated carbocycles. The number of pyridine rings is 1. The van der Waals surface area contributed by atoms with Gasteiger partial charge in [0.2, 0.25) is 15.9 Å². The van der Waals surface area contributed by atoms with Crippen molar-refractivity contribution in [3.05, 3.63) is 72.4 Å². The van der Waals surface area contributed by atoms with E-state index >= 15 is 0 Å². The maximum Gasteiger partial charge on any atom is 0.404 e. The van der Waals surface area contributed by atoms with Crippen LogP contribution in [0.5, 0.6) is 23.1 Å². The number of nitrogens with zero attached hydrogens (tertiary/aromatic N) is 2. The highest BCUT2D eigenvalue weighted by molar-refractivity contribution is 7.92. The lowest BCUT2D eigenvalue weighted by Gasteiger charge is -2.25. The summed E-state index contributed by atoms with van der Waals surface area (Å²) in [5.41, 5.74) is 0.429. The van der Waals surface area contributed by atoms with Gasteiger partial charge in [0.05, 0.1) is 26.5 Å². The van der Waals surface area contributed by atoms with Crippen molar-refractivity contribution in [1.82, 2.24) is 4.98 Å². The van der Waals surface area contributed by atoms with Crippen LogP contribution < -0.4 is 18.5 Å². The monoisotopic (exact) mass is 482 g/mol. The lowest BCUT2D eigenvalue weighted by molar-refractivity contribution is -0.106. The van der Waals surface area contributed by atoms with Crippen molar-refractivity contribution in [1.29, 1.82) is 0 Å². The number of halogens is 3. The first-order valence-corrected chi connectivity index (χ1v) is 11.2. The van der Waals surface area contributed by atoms with Gasteiger partial charge in [-0.25, -0.2) is 13.4 Å². The van der Waals surface area contributed by atoms with Crippen LogP contribution in [-0.4, -0.2) is 39.6 Å². The number of rotatable bonds is 9. The number of alkyl halides is 3. The van der Waals surface area contributed by atoms with Crippen molar-refractivity contribution in [2.75, 3.05) is 24.3 Å². The molecule has 3 rings (SSSR count). The summed E-state index contributed by atoms with van der Waals surface area (Å²) >= 11 is 0. The molecule has 0 aliphatic carbocycles. The molecule has 0 fully saturated rings.